The van der Waals surface area contributed by atoms with Crippen LogP contribution in [0.3, 0.4) is 0 Å². The first kappa shape index (κ1) is 15.9. The van der Waals surface area contributed by atoms with Crippen LogP contribution >= 0.6 is 11.6 Å². The van der Waals surface area contributed by atoms with Crippen molar-refractivity contribution in [2.45, 2.75) is 13.0 Å². The molecule has 0 heterocycles. The van der Waals surface area contributed by atoms with Crippen molar-refractivity contribution < 1.29 is 14.3 Å². The van der Waals surface area contributed by atoms with E-state index in [4.69, 9.17) is 22.1 Å². The summed E-state index contributed by atoms with van der Waals surface area (Å²) in [4.78, 5) is 22.2. The SMILES string of the molecule is C[C@@H](Oc1ccc(-c2ccccc2)cc1Cl)C(=O)NC(N)=O. The van der Waals surface area contributed by atoms with Crippen LogP contribution in [-0.2, 0) is 4.79 Å². The van der Waals surface area contributed by atoms with Crippen LogP contribution in [0.25, 0.3) is 11.1 Å². The molecule has 3 amide bonds. The van der Waals surface area contributed by atoms with Crippen LogP contribution in [-0.4, -0.2) is 18.0 Å². The molecular weight excluding hydrogens is 304 g/mol. The van der Waals surface area contributed by atoms with E-state index in [-0.39, 0.29) is 0 Å². The molecule has 0 aliphatic rings. The maximum absolute atomic E-state index is 11.6. The summed E-state index contributed by atoms with van der Waals surface area (Å²) in [6.45, 7) is 1.50. The monoisotopic (exact) mass is 318 g/mol. The molecule has 0 unspecified atom stereocenters. The fourth-order valence-corrected chi connectivity index (χ4v) is 2.10. The minimum Gasteiger partial charge on any atom is -0.479 e. The van der Waals surface area contributed by atoms with Gasteiger partial charge in [-0.1, -0.05) is 48.0 Å². The highest BCUT2D eigenvalue weighted by atomic mass is 35.5. The number of benzene rings is 2. The Morgan fingerprint density at radius 2 is 1.82 bits per heavy atom. The lowest BCUT2D eigenvalue weighted by molar-refractivity contribution is -0.126. The summed E-state index contributed by atoms with van der Waals surface area (Å²) < 4.78 is 5.45. The number of nitrogens with one attached hydrogen (secondary N) is 1. The second-order valence-electron chi connectivity index (χ2n) is 4.62. The van der Waals surface area contributed by atoms with Crippen molar-refractivity contribution in [3.8, 4) is 16.9 Å². The van der Waals surface area contributed by atoms with E-state index in [0.29, 0.717) is 10.8 Å². The number of amides is 3. The second-order valence-corrected chi connectivity index (χ2v) is 5.03. The third kappa shape index (κ3) is 3.99. The molecule has 0 saturated carbocycles. The third-order valence-electron chi connectivity index (χ3n) is 2.96. The largest absolute Gasteiger partial charge is 0.479 e. The maximum atomic E-state index is 11.6. The Balaban J connectivity index is 2.13. The molecule has 0 aromatic heterocycles. The zero-order valence-corrected chi connectivity index (χ0v) is 12.6. The number of carbonyl (C=O) groups is 2. The predicted molar refractivity (Wildman–Crippen MR) is 84.7 cm³/mol. The highest BCUT2D eigenvalue weighted by molar-refractivity contribution is 6.32. The number of ether oxygens (including phenoxy) is 1. The number of hydrogen-bond donors (Lipinski definition) is 2. The molecule has 0 bridgehead atoms. The highest BCUT2D eigenvalue weighted by Gasteiger charge is 2.17. The number of primary amides is 1. The maximum Gasteiger partial charge on any atom is 0.318 e. The van der Waals surface area contributed by atoms with Gasteiger partial charge in [0, 0.05) is 0 Å². The van der Waals surface area contributed by atoms with E-state index < -0.39 is 18.0 Å². The van der Waals surface area contributed by atoms with Crippen LogP contribution in [0.1, 0.15) is 6.92 Å². The van der Waals surface area contributed by atoms with Crippen LogP contribution < -0.4 is 15.8 Å². The van der Waals surface area contributed by atoms with E-state index in [1.54, 1.807) is 12.1 Å². The second kappa shape index (κ2) is 6.95. The van der Waals surface area contributed by atoms with E-state index in [9.17, 15) is 9.59 Å². The number of hydrogen-bond acceptors (Lipinski definition) is 3. The lowest BCUT2D eigenvalue weighted by atomic mass is 10.1. The average Bonchev–Trinajstić information content (AvgIpc) is 2.49. The lowest BCUT2D eigenvalue weighted by Crippen LogP contribution is -2.42. The average molecular weight is 319 g/mol. The van der Waals surface area contributed by atoms with Crippen molar-refractivity contribution in [1.82, 2.24) is 5.32 Å². The van der Waals surface area contributed by atoms with Crippen molar-refractivity contribution >= 4 is 23.5 Å². The Labute approximate surface area is 133 Å². The Kier molecular flexibility index (Phi) is 5.01. The van der Waals surface area contributed by atoms with E-state index in [1.165, 1.54) is 6.92 Å². The molecule has 0 fully saturated rings. The summed E-state index contributed by atoms with van der Waals surface area (Å²) in [7, 11) is 0. The van der Waals surface area contributed by atoms with Crippen LogP contribution in [0.5, 0.6) is 5.75 Å². The smallest absolute Gasteiger partial charge is 0.318 e. The summed E-state index contributed by atoms with van der Waals surface area (Å²) in [6.07, 6.45) is -0.896. The lowest BCUT2D eigenvalue weighted by Gasteiger charge is -2.15. The number of nitrogens with two attached hydrogens (primary N) is 1. The van der Waals surface area contributed by atoms with Gasteiger partial charge in [-0.3, -0.25) is 10.1 Å². The minimum absolute atomic E-state index is 0.355. The Morgan fingerprint density at radius 1 is 1.14 bits per heavy atom. The minimum atomic E-state index is -0.925. The summed E-state index contributed by atoms with van der Waals surface area (Å²) >= 11 is 6.19. The van der Waals surface area contributed by atoms with Gasteiger partial charge in [-0.05, 0) is 30.2 Å². The van der Waals surface area contributed by atoms with Crippen molar-refractivity contribution in [1.29, 1.82) is 0 Å². The molecule has 0 saturated heterocycles. The Hall–Kier alpha value is -2.53. The van der Waals surface area contributed by atoms with Gasteiger partial charge < -0.3 is 10.5 Å². The van der Waals surface area contributed by atoms with Crippen LogP contribution in [0.4, 0.5) is 4.79 Å². The van der Waals surface area contributed by atoms with Crippen molar-refractivity contribution in [3.63, 3.8) is 0 Å². The van der Waals surface area contributed by atoms with Gasteiger partial charge in [-0.2, -0.15) is 0 Å². The molecule has 0 spiro atoms. The number of carbonyl (C=O) groups excluding carboxylic acids is 2. The predicted octanol–water partition coefficient (Wildman–Crippen LogP) is 2.97. The first-order chi connectivity index (χ1) is 10.5. The molecule has 2 aromatic carbocycles. The van der Waals surface area contributed by atoms with Gasteiger partial charge in [0.2, 0.25) is 0 Å². The fourth-order valence-electron chi connectivity index (χ4n) is 1.87. The van der Waals surface area contributed by atoms with Crippen molar-refractivity contribution in [3.05, 3.63) is 53.6 Å². The molecule has 22 heavy (non-hydrogen) atoms. The molecule has 0 aliphatic carbocycles. The van der Waals surface area contributed by atoms with Crippen molar-refractivity contribution in [2.24, 2.45) is 5.73 Å². The number of halogens is 1. The van der Waals surface area contributed by atoms with Gasteiger partial charge in [-0.25, -0.2) is 4.79 Å². The summed E-state index contributed by atoms with van der Waals surface area (Å²) in [5.74, 6) is -0.274. The zero-order valence-electron chi connectivity index (χ0n) is 11.9. The topological polar surface area (TPSA) is 81.4 Å². The first-order valence-electron chi connectivity index (χ1n) is 6.59. The van der Waals surface area contributed by atoms with Gasteiger partial charge in [-0.15, -0.1) is 0 Å². The van der Waals surface area contributed by atoms with Gasteiger partial charge in [0.1, 0.15) is 5.75 Å². The van der Waals surface area contributed by atoms with Crippen LogP contribution in [0.2, 0.25) is 5.02 Å². The molecule has 0 aliphatic heterocycles. The fraction of sp³-hybridized carbons (Fsp3) is 0.125. The summed E-state index contributed by atoms with van der Waals surface area (Å²) in [6, 6.07) is 14.1. The molecular formula is C16H15ClN2O3. The van der Waals surface area contributed by atoms with Crippen LogP contribution in [0.15, 0.2) is 48.5 Å². The third-order valence-corrected chi connectivity index (χ3v) is 3.25. The standard InChI is InChI=1S/C16H15ClN2O3/c1-10(15(20)19-16(18)21)22-14-8-7-12(9-13(14)17)11-5-3-2-4-6-11/h2-10H,1H3,(H3,18,19,20,21)/t10-/m1/s1. The number of rotatable bonds is 4. The van der Waals surface area contributed by atoms with Crippen molar-refractivity contribution in [2.75, 3.05) is 0 Å². The van der Waals surface area contributed by atoms with Gasteiger partial charge >= 0.3 is 6.03 Å². The van der Waals surface area contributed by atoms with Gasteiger partial charge in [0.05, 0.1) is 5.02 Å². The zero-order chi connectivity index (χ0) is 16.1. The molecule has 2 aromatic rings. The van der Waals surface area contributed by atoms with E-state index in [1.807, 2.05) is 41.7 Å². The molecule has 114 valence electrons. The first-order valence-corrected chi connectivity index (χ1v) is 6.97. The quantitative estimate of drug-likeness (QED) is 0.909. The molecule has 0 radical (unpaired) electrons. The Morgan fingerprint density at radius 3 is 2.41 bits per heavy atom. The molecule has 6 heteroatoms. The van der Waals surface area contributed by atoms with Gasteiger partial charge in [0.25, 0.3) is 5.91 Å². The molecule has 3 N–H and O–H groups in total. The van der Waals surface area contributed by atoms with Crippen LogP contribution in [0, 0.1) is 0 Å². The molecule has 2 rings (SSSR count). The van der Waals surface area contributed by atoms with Gasteiger partial charge in [0.15, 0.2) is 6.10 Å². The normalized spacial score (nSPS) is 11.5. The summed E-state index contributed by atoms with van der Waals surface area (Å²) in [5, 5.41) is 2.33. The number of imide groups is 1. The van der Waals surface area contributed by atoms with E-state index >= 15 is 0 Å². The molecule has 1 atom stereocenters. The Bertz CT molecular complexity index is 689. The highest BCUT2D eigenvalue weighted by Crippen LogP contribution is 2.30. The van der Waals surface area contributed by atoms with E-state index in [0.717, 1.165) is 11.1 Å². The number of urea groups is 1. The molecule has 5 nitrogen and oxygen atoms in total. The summed E-state index contributed by atoms with van der Waals surface area (Å²) in [5.41, 5.74) is 6.85. The van der Waals surface area contributed by atoms with E-state index in [2.05, 4.69) is 0 Å².